The molecule has 1 aliphatic heterocycles. The number of rotatable bonds is 6. The highest BCUT2D eigenvalue weighted by molar-refractivity contribution is 7.81. The molecular weight excluding hydrogens is 406 g/mol. The van der Waals surface area contributed by atoms with Crippen LogP contribution in [0.25, 0.3) is 0 Å². The van der Waals surface area contributed by atoms with Crippen LogP contribution in [0.2, 0.25) is 0 Å². The number of hydrogen-bond acceptors (Lipinski definition) is 6. The molecule has 0 radical (unpaired) electrons. The molecule has 1 heterocycles. The molecule has 0 aromatic heterocycles. The Bertz CT molecular complexity index is 954. The van der Waals surface area contributed by atoms with E-state index in [0.29, 0.717) is 30.4 Å². The van der Waals surface area contributed by atoms with Crippen molar-refractivity contribution in [2.24, 2.45) is 17.0 Å². The summed E-state index contributed by atoms with van der Waals surface area (Å²) < 4.78 is 19.4. The lowest BCUT2D eigenvalue weighted by Gasteiger charge is -2.29. The fraction of sp³-hybridized carbons (Fsp3) is 0.476. The van der Waals surface area contributed by atoms with Crippen LogP contribution in [0.5, 0.6) is 0 Å². The zero-order valence-electron chi connectivity index (χ0n) is 16.5. The molecule has 3 rings (SSSR count). The fourth-order valence-electron chi connectivity index (χ4n) is 3.58. The highest BCUT2D eigenvalue weighted by Crippen LogP contribution is 2.35. The van der Waals surface area contributed by atoms with Crippen molar-refractivity contribution in [3.63, 3.8) is 0 Å². The maximum absolute atomic E-state index is 11.8. The van der Waals surface area contributed by atoms with Crippen LogP contribution >= 0.6 is 0 Å². The van der Waals surface area contributed by atoms with Gasteiger partial charge in [0.2, 0.25) is 0 Å². The van der Waals surface area contributed by atoms with Crippen LogP contribution in [-0.2, 0) is 20.7 Å². The molecule has 1 aromatic rings. The molecule has 0 saturated heterocycles. The van der Waals surface area contributed by atoms with E-state index in [1.165, 1.54) is 12.4 Å². The Hall–Kier alpha value is -2.72. The SMILES string of the molecule is C[C@@](C[C@H]1CC(c2ccc(C#CC3CC(CC#N)C3)cc2)=NO1)(C(=O)NO)S(=O)O. The van der Waals surface area contributed by atoms with Gasteiger partial charge in [0, 0.05) is 30.7 Å². The molecule has 8 nitrogen and oxygen atoms in total. The van der Waals surface area contributed by atoms with Crippen LogP contribution in [0.1, 0.15) is 50.2 Å². The number of carbonyl (C=O) groups excluding carboxylic acids is 1. The highest BCUT2D eigenvalue weighted by atomic mass is 32.2. The van der Waals surface area contributed by atoms with Crippen LogP contribution in [0.15, 0.2) is 29.4 Å². The minimum absolute atomic E-state index is 0.0761. The predicted octanol–water partition coefficient (Wildman–Crippen LogP) is 2.35. The smallest absolute Gasteiger partial charge is 0.264 e. The fourth-order valence-corrected chi connectivity index (χ4v) is 4.12. The molecule has 30 heavy (non-hydrogen) atoms. The number of nitrogens with one attached hydrogen (secondary N) is 1. The third-order valence-electron chi connectivity index (χ3n) is 5.57. The lowest BCUT2D eigenvalue weighted by Crippen LogP contribution is -2.48. The monoisotopic (exact) mass is 429 g/mol. The first-order valence-corrected chi connectivity index (χ1v) is 10.7. The normalized spacial score (nSPS) is 25.3. The topological polar surface area (TPSA) is 132 Å². The van der Waals surface area contributed by atoms with Crippen molar-refractivity contribution >= 4 is 22.7 Å². The van der Waals surface area contributed by atoms with Crippen LogP contribution in [0.3, 0.4) is 0 Å². The van der Waals surface area contributed by atoms with Gasteiger partial charge in [0.15, 0.2) is 15.8 Å². The van der Waals surface area contributed by atoms with Gasteiger partial charge < -0.3 is 9.39 Å². The Morgan fingerprint density at radius 2 is 2.10 bits per heavy atom. The summed E-state index contributed by atoms with van der Waals surface area (Å²) in [6.07, 6.45) is 2.32. The van der Waals surface area contributed by atoms with Crippen molar-refractivity contribution in [3.8, 4) is 17.9 Å². The molecular formula is C21H23N3O5S. The Kier molecular flexibility index (Phi) is 6.88. The summed E-state index contributed by atoms with van der Waals surface area (Å²) in [6.45, 7) is 1.29. The van der Waals surface area contributed by atoms with E-state index < -0.39 is 27.8 Å². The summed E-state index contributed by atoms with van der Waals surface area (Å²) in [5.74, 6) is 6.31. The Labute approximate surface area is 177 Å². The molecule has 0 spiro atoms. The third-order valence-corrected chi connectivity index (χ3v) is 6.69. The molecule has 158 valence electrons. The van der Waals surface area contributed by atoms with Gasteiger partial charge in [0.1, 0.15) is 6.10 Å². The summed E-state index contributed by atoms with van der Waals surface area (Å²) in [5.41, 5.74) is 3.85. The highest BCUT2D eigenvalue weighted by Gasteiger charge is 2.44. The first-order chi connectivity index (χ1) is 14.4. The summed E-state index contributed by atoms with van der Waals surface area (Å²) in [6, 6.07) is 9.77. The van der Waals surface area contributed by atoms with Gasteiger partial charge in [-0.05, 0) is 43.4 Å². The number of carbonyl (C=O) groups is 1. The number of amides is 1. The van der Waals surface area contributed by atoms with E-state index in [0.717, 1.165) is 24.0 Å². The second-order valence-electron chi connectivity index (χ2n) is 7.84. The van der Waals surface area contributed by atoms with Crippen molar-refractivity contribution < 1.29 is 23.6 Å². The van der Waals surface area contributed by atoms with Crippen molar-refractivity contribution in [2.45, 2.75) is 49.9 Å². The van der Waals surface area contributed by atoms with Crippen molar-refractivity contribution in [1.82, 2.24) is 5.48 Å². The molecule has 1 unspecified atom stereocenters. The van der Waals surface area contributed by atoms with Crippen molar-refractivity contribution in [3.05, 3.63) is 35.4 Å². The lowest BCUT2D eigenvalue weighted by molar-refractivity contribution is -0.132. The molecule has 1 saturated carbocycles. The van der Waals surface area contributed by atoms with Crippen molar-refractivity contribution in [1.29, 1.82) is 5.26 Å². The second-order valence-corrected chi connectivity index (χ2v) is 9.24. The predicted molar refractivity (Wildman–Crippen MR) is 110 cm³/mol. The maximum Gasteiger partial charge on any atom is 0.264 e. The van der Waals surface area contributed by atoms with Gasteiger partial charge in [-0.3, -0.25) is 10.0 Å². The van der Waals surface area contributed by atoms with Gasteiger partial charge >= 0.3 is 0 Å². The molecule has 0 bridgehead atoms. The van der Waals surface area contributed by atoms with Gasteiger partial charge in [-0.15, -0.1) is 0 Å². The largest absolute Gasteiger partial charge is 0.392 e. The van der Waals surface area contributed by atoms with Gasteiger partial charge in [-0.25, -0.2) is 9.69 Å². The molecule has 1 fully saturated rings. The summed E-state index contributed by atoms with van der Waals surface area (Å²) in [5, 5.41) is 21.6. The number of hydrogen-bond donors (Lipinski definition) is 3. The van der Waals surface area contributed by atoms with E-state index in [2.05, 4.69) is 23.1 Å². The van der Waals surface area contributed by atoms with Crippen LogP contribution in [0.4, 0.5) is 0 Å². The number of nitrogens with zero attached hydrogens (tertiary/aromatic N) is 2. The number of nitriles is 1. The van der Waals surface area contributed by atoms with Gasteiger partial charge in [-0.1, -0.05) is 29.1 Å². The minimum Gasteiger partial charge on any atom is -0.392 e. The van der Waals surface area contributed by atoms with E-state index >= 15 is 0 Å². The summed E-state index contributed by atoms with van der Waals surface area (Å²) >= 11 is -2.49. The average molecular weight is 429 g/mol. The molecule has 3 N–H and O–H groups in total. The van der Waals surface area contributed by atoms with E-state index in [-0.39, 0.29) is 6.42 Å². The summed E-state index contributed by atoms with van der Waals surface area (Å²) in [7, 11) is 0. The zero-order chi connectivity index (χ0) is 21.7. The van der Waals surface area contributed by atoms with Crippen LogP contribution in [0, 0.1) is 35.0 Å². The minimum atomic E-state index is -2.49. The van der Waals surface area contributed by atoms with Gasteiger partial charge in [0.25, 0.3) is 5.91 Å². The van der Waals surface area contributed by atoms with Crippen LogP contribution < -0.4 is 5.48 Å². The Morgan fingerprint density at radius 3 is 2.70 bits per heavy atom. The first-order valence-electron chi connectivity index (χ1n) is 9.63. The standard InChI is InChI=1S/C21H23N3O5S/c1-21(30(27)28,20(25)23-26)13-18-12-19(24-29-18)17-6-4-14(5-7-17)2-3-15-10-16(11-15)8-9-22/h4-7,15-16,18,26H,8,10-13H2,1H3,(H,23,25)(H,27,28)/t15?,16?,18-,21-/m1/s1. The Balaban J connectivity index is 1.56. The van der Waals surface area contributed by atoms with E-state index in [4.69, 9.17) is 15.3 Å². The zero-order valence-corrected chi connectivity index (χ0v) is 17.3. The van der Waals surface area contributed by atoms with Gasteiger partial charge in [-0.2, -0.15) is 5.26 Å². The molecule has 1 aliphatic carbocycles. The van der Waals surface area contributed by atoms with E-state index in [1.54, 1.807) is 0 Å². The second kappa shape index (κ2) is 9.40. The average Bonchev–Trinajstić information content (AvgIpc) is 3.17. The number of hydroxylamine groups is 1. The van der Waals surface area contributed by atoms with Gasteiger partial charge in [0.05, 0.1) is 11.8 Å². The summed E-state index contributed by atoms with van der Waals surface area (Å²) in [4.78, 5) is 17.2. The third kappa shape index (κ3) is 4.88. The van der Waals surface area contributed by atoms with E-state index in [1.807, 2.05) is 24.3 Å². The lowest BCUT2D eigenvalue weighted by atomic mass is 9.74. The Morgan fingerprint density at radius 1 is 1.40 bits per heavy atom. The molecule has 9 heteroatoms. The molecule has 3 atom stereocenters. The first kappa shape index (κ1) is 22.0. The molecule has 2 aliphatic rings. The molecule has 1 amide bonds. The number of benzene rings is 1. The van der Waals surface area contributed by atoms with E-state index in [9.17, 15) is 13.6 Å². The van der Waals surface area contributed by atoms with Crippen LogP contribution in [-0.4, -0.2) is 36.4 Å². The molecule has 1 aromatic carbocycles. The quantitative estimate of drug-likeness (QED) is 0.275. The van der Waals surface area contributed by atoms with Crippen molar-refractivity contribution in [2.75, 3.05) is 0 Å². The maximum atomic E-state index is 11.8. The number of oxime groups is 1.